The normalized spacial score (nSPS) is 10.9. The quantitative estimate of drug-likeness (QED) is 0.828. The summed E-state index contributed by atoms with van der Waals surface area (Å²) < 4.78 is 2.80. The third kappa shape index (κ3) is 1.86. The van der Waals surface area contributed by atoms with Gasteiger partial charge >= 0.3 is 0 Å². The smallest absolute Gasteiger partial charge is 0.161 e. The summed E-state index contributed by atoms with van der Waals surface area (Å²) in [6.45, 7) is 0. The Morgan fingerprint density at radius 1 is 1.54 bits per heavy atom. The van der Waals surface area contributed by atoms with Crippen molar-refractivity contribution in [1.82, 2.24) is 14.6 Å². The van der Waals surface area contributed by atoms with E-state index in [-0.39, 0.29) is 0 Å². The molecule has 0 spiro atoms. The van der Waals surface area contributed by atoms with E-state index in [4.69, 9.17) is 0 Å². The zero-order chi connectivity index (χ0) is 9.26. The van der Waals surface area contributed by atoms with Gasteiger partial charge in [-0.3, -0.25) is 0 Å². The molecule has 2 aromatic heterocycles. The van der Waals surface area contributed by atoms with Gasteiger partial charge in [0.25, 0.3) is 0 Å². The van der Waals surface area contributed by atoms with Crippen LogP contribution in [-0.2, 0) is 5.75 Å². The minimum Gasteiger partial charge on any atom is -0.220 e. The maximum atomic E-state index is 4.35. The summed E-state index contributed by atoms with van der Waals surface area (Å²) in [6, 6.07) is 3.91. The number of fused-ring (bicyclic) bond motifs is 1. The zero-order valence-electron chi connectivity index (χ0n) is 7.07. The monoisotopic (exact) mass is 257 g/mol. The van der Waals surface area contributed by atoms with Gasteiger partial charge in [0.2, 0.25) is 0 Å². The van der Waals surface area contributed by atoms with E-state index < -0.39 is 0 Å². The molecule has 13 heavy (non-hydrogen) atoms. The van der Waals surface area contributed by atoms with Crippen LogP contribution < -0.4 is 0 Å². The van der Waals surface area contributed by atoms with E-state index in [0.717, 1.165) is 21.7 Å². The summed E-state index contributed by atoms with van der Waals surface area (Å²) >= 11 is 5.11. The van der Waals surface area contributed by atoms with Crippen molar-refractivity contribution in [3.63, 3.8) is 0 Å². The SMILES string of the molecule is CSCc1nc2ccc(Br)cn2n1. The van der Waals surface area contributed by atoms with Crippen LogP contribution in [0.2, 0.25) is 0 Å². The minimum atomic E-state index is 0.860. The van der Waals surface area contributed by atoms with Crippen molar-refractivity contribution in [2.24, 2.45) is 0 Å². The number of hydrogen-bond acceptors (Lipinski definition) is 3. The molecule has 2 heterocycles. The molecule has 0 N–H and O–H groups in total. The number of aromatic nitrogens is 3. The summed E-state index contributed by atoms with van der Waals surface area (Å²) in [4.78, 5) is 4.35. The first-order valence-corrected chi connectivity index (χ1v) is 5.98. The maximum Gasteiger partial charge on any atom is 0.161 e. The Kier molecular flexibility index (Phi) is 2.55. The van der Waals surface area contributed by atoms with Gasteiger partial charge in [-0.2, -0.15) is 16.9 Å². The van der Waals surface area contributed by atoms with Crippen molar-refractivity contribution in [1.29, 1.82) is 0 Å². The summed E-state index contributed by atoms with van der Waals surface area (Å²) in [5, 5.41) is 4.32. The van der Waals surface area contributed by atoms with Crippen molar-refractivity contribution in [2.75, 3.05) is 6.26 Å². The van der Waals surface area contributed by atoms with Crippen molar-refractivity contribution < 1.29 is 0 Å². The first-order valence-electron chi connectivity index (χ1n) is 3.79. The Morgan fingerprint density at radius 2 is 2.38 bits per heavy atom. The number of thioether (sulfide) groups is 1. The zero-order valence-corrected chi connectivity index (χ0v) is 9.47. The second kappa shape index (κ2) is 3.67. The van der Waals surface area contributed by atoms with Crippen molar-refractivity contribution in [3.05, 3.63) is 28.6 Å². The molecule has 68 valence electrons. The van der Waals surface area contributed by atoms with E-state index >= 15 is 0 Å². The second-order valence-electron chi connectivity index (χ2n) is 2.61. The second-order valence-corrected chi connectivity index (χ2v) is 4.39. The van der Waals surface area contributed by atoms with Crippen LogP contribution in [0, 0.1) is 0 Å². The van der Waals surface area contributed by atoms with E-state index in [1.807, 2.05) is 24.6 Å². The van der Waals surface area contributed by atoms with Gasteiger partial charge in [0.15, 0.2) is 11.5 Å². The fourth-order valence-electron chi connectivity index (χ4n) is 1.09. The predicted octanol–water partition coefficient (Wildman–Crippen LogP) is 2.35. The summed E-state index contributed by atoms with van der Waals surface area (Å²) in [5.41, 5.74) is 0.896. The third-order valence-electron chi connectivity index (χ3n) is 1.61. The summed E-state index contributed by atoms with van der Waals surface area (Å²) in [7, 11) is 0. The molecule has 0 saturated carbocycles. The lowest BCUT2D eigenvalue weighted by atomic mass is 10.5. The van der Waals surface area contributed by atoms with Gasteiger partial charge < -0.3 is 0 Å². The fourth-order valence-corrected chi connectivity index (χ4v) is 1.80. The van der Waals surface area contributed by atoms with Crippen molar-refractivity contribution in [2.45, 2.75) is 5.75 Å². The fraction of sp³-hybridized carbons (Fsp3) is 0.250. The highest BCUT2D eigenvalue weighted by Gasteiger charge is 2.01. The molecule has 0 fully saturated rings. The Balaban J connectivity index is 2.49. The summed E-state index contributed by atoms with van der Waals surface area (Å²) in [6.07, 6.45) is 3.95. The molecular formula is C8H8BrN3S. The van der Waals surface area contributed by atoms with Gasteiger partial charge in [0, 0.05) is 10.7 Å². The van der Waals surface area contributed by atoms with Crippen LogP contribution in [0.3, 0.4) is 0 Å². The number of halogens is 1. The predicted molar refractivity (Wildman–Crippen MR) is 57.9 cm³/mol. The van der Waals surface area contributed by atoms with Gasteiger partial charge in [-0.05, 0) is 34.3 Å². The third-order valence-corrected chi connectivity index (χ3v) is 2.63. The molecule has 0 aliphatic rings. The van der Waals surface area contributed by atoms with Crippen molar-refractivity contribution in [3.8, 4) is 0 Å². The molecule has 5 heteroatoms. The average molecular weight is 258 g/mol. The Bertz CT molecular complexity index is 426. The molecule has 0 aromatic carbocycles. The molecule has 2 rings (SSSR count). The van der Waals surface area contributed by atoms with Crippen LogP contribution in [-0.4, -0.2) is 20.9 Å². The topological polar surface area (TPSA) is 30.2 Å². The lowest BCUT2D eigenvalue weighted by Crippen LogP contribution is -1.87. The van der Waals surface area contributed by atoms with E-state index in [1.54, 1.807) is 16.3 Å². The largest absolute Gasteiger partial charge is 0.220 e. The Labute approximate surface area is 88.7 Å². The molecule has 0 aliphatic heterocycles. The van der Waals surface area contributed by atoms with E-state index in [1.165, 1.54) is 0 Å². The van der Waals surface area contributed by atoms with Gasteiger partial charge in [0.1, 0.15) is 0 Å². The lowest BCUT2D eigenvalue weighted by Gasteiger charge is -1.90. The first-order chi connectivity index (χ1) is 6.29. The maximum absolute atomic E-state index is 4.35. The van der Waals surface area contributed by atoms with Crippen LogP contribution in [0.4, 0.5) is 0 Å². The van der Waals surface area contributed by atoms with E-state index in [0.29, 0.717) is 0 Å². The first kappa shape index (κ1) is 9.02. The molecule has 3 nitrogen and oxygen atoms in total. The highest BCUT2D eigenvalue weighted by atomic mass is 79.9. The standard InChI is InChI=1S/C8H8BrN3S/c1-13-5-7-10-8-3-2-6(9)4-12(8)11-7/h2-4H,5H2,1H3. The molecule has 0 atom stereocenters. The number of hydrogen-bond donors (Lipinski definition) is 0. The van der Waals surface area contributed by atoms with Gasteiger partial charge in [-0.25, -0.2) is 9.50 Å². The Hall–Kier alpha value is -0.550. The van der Waals surface area contributed by atoms with Crippen LogP contribution >= 0.6 is 27.7 Å². The molecule has 0 amide bonds. The summed E-state index contributed by atoms with van der Waals surface area (Å²) in [5.74, 6) is 1.74. The number of nitrogens with zero attached hydrogens (tertiary/aromatic N) is 3. The lowest BCUT2D eigenvalue weighted by molar-refractivity contribution is 0.921. The number of pyridine rings is 1. The van der Waals surface area contributed by atoms with Gasteiger partial charge in [-0.15, -0.1) is 0 Å². The Morgan fingerprint density at radius 3 is 3.15 bits per heavy atom. The van der Waals surface area contributed by atoms with Crippen LogP contribution in [0.15, 0.2) is 22.8 Å². The molecule has 0 aliphatic carbocycles. The molecule has 0 radical (unpaired) electrons. The van der Waals surface area contributed by atoms with Gasteiger partial charge in [0.05, 0.1) is 5.75 Å². The minimum absolute atomic E-state index is 0.860. The average Bonchev–Trinajstić information content (AvgIpc) is 2.46. The highest BCUT2D eigenvalue weighted by molar-refractivity contribution is 9.10. The van der Waals surface area contributed by atoms with Crippen molar-refractivity contribution >= 4 is 33.3 Å². The molecule has 2 aromatic rings. The molecule has 0 bridgehead atoms. The highest BCUT2D eigenvalue weighted by Crippen LogP contribution is 2.12. The molecule has 0 unspecified atom stereocenters. The van der Waals surface area contributed by atoms with Crippen LogP contribution in [0.1, 0.15) is 5.82 Å². The van der Waals surface area contributed by atoms with Crippen LogP contribution in [0.25, 0.3) is 5.65 Å². The number of rotatable bonds is 2. The van der Waals surface area contributed by atoms with Gasteiger partial charge in [-0.1, -0.05) is 0 Å². The van der Waals surface area contributed by atoms with E-state index in [9.17, 15) is 0 Å². The van der Waals surface area contributed by atoms with Crippen LogP contribution in [0.5, 0.6) is 0 Å². The van der Waals surface area contributed by atoms with E-state index in [2.05, 4.69) is 26.0 Å². The molecule has 0 saturated heterocycles. The molecular weight excluding hydrogens is 250 g/mol.